The van der Waals surface area contributed by atoms with E-state index in [2.05, 4.69) is 10.6 Å². The minimum atomic E-state index is -0.147. The molecule has 0 aliphatic heterocycles. The first kappa shape index (κ1) is 12.5. The lowest BCUT2D eigenvalue weighted by Crippen LogP contribution is -2.38. The van der Waals surface area contributed by atoms with Crippen molar-refractivity contribution < 1.29 is 4.79 Å². The van der Waals surface area contributed by atoms with Gasteiger partial charge in [-0.05, 0) is 37.5 Å². The third kappa shape index (κ3) is 3.51. The Kier molecular flexibility index (Phi) is 3.79. The molecule has 0 saturated heterocycles. The smallest absolute Gasteiger partial charge is 0.315 e. The van der Waals surface area contributed by atoms with Crippen molar-refractivity contribution >= 4 is 29.2 Å². The number of urea groups is 1. The molecule has 17 heavy (non-hydrogen) atoms. The van der Waals surface area contributed by atoms with Crippen molar-refractivity contribution in [3.05, 3.63) is 33.8 Å². The third-order valence-electron chi connectivity index (χ3n) is 2.69. The quantitative estimate of drug-likeness (QED) is 0.869. The maximum Gasteiger partial charge on any atom is 0.315 e. The predicted molar refractivity (Wildman–Crippen MR) is 69.6 cm³/mol. The second-order valence-corrected chi connectivity index (χ2v) is 5.12. The van der Waals surface area contributed by atoms with Gasteiger partial charge in [-0.1, -0.05) is 29.3 Å². The molecule has 0 spiro atoms. The highest BCUT2D eigenvalue weighted by Gasteiger charge is 2.24. The van der Waals surface area contributed by atoms with Crippen LogP contribution in [0.4, 0.5) is 4.79 Å². The summed E-state index contributed by atoms with van der Waals surface area (Å²) >= 11 is 11.9. The van der Waals surface area contributed by atoms with Gasteiger partial charge in [0.2, 0.25) is 0 Å². The summed E-state index contributed by atoms with van der Waals surface area (Å²) < 4.78 is 0. The van der Waals surface area contributed by atoms with E-state index in [4.69, 9.17) is 23.2 Å². The van der Waals surface area contributed by atoms with Crippen LogP contribution in [-0.4, -0.2) is 12.1 Å². The van der Waals surface area contributed by atoms with Crippen LogP contribution in [0.1, 0.15) is 31.4 Å². The van der Waals surface area contributed by atoms with E-state index in [1.165, 1.54) is 0 Å². The van der Waals surface area contributed by atoms with Crippen LogP contribution in [0.5, 0.6) is 0 Å². The molecule has 0 unspecified atom stereocenters. The first-order chi connectivity index (χ1) is 8.06. The van der Waals surface area contributed by atoms with Crippen LogP contribution in [0.3, 0.4) is 0 Å². The summed E-state index contributed by atoms with van der Waals surface area (Å²) in [4.78, 5) is 11.6. The van der Waals surface area contributed by atoms with Gasteiger partial charge in [-0.25, -0.2) is 4.79 Å². The maximum absolute atomic E-state index is 11.6. The van der Waals surface area contributed by atoms with E-state index in [-0.39, 0.29) is 12.1 Å². The molecule has 2 N–H and O–H groups in total. The topological polar surface area (TPSA) is 41.1 Å². The van der Waals surface area contributed by atoms with E-state index in [1.807, 2.05) is 13.0 Å². The summed E-state index contributed by atoms with van der Waals surface area (Å²) in [6, 6.07) is 5.33. The summed E-state index contributed by atoms with van der Waals surface area (Å²) in [5.74, 6) is 0. The SMILES string of the molecule is C[C@@H](NC(=O)NC1CC1)c1ccc(Cl)cc1Cl. The molecule has 2 amide bonds. The first-order valence-corrected chi connectivity index (χ1v) is 6.34. The molecule has 1 saturated carbocycles. The molecule has 1 aliphatic rings. The van der Waals surface area contributed by atoms with Crippen molar-refractivity contribution in [3.63, 3.8) is 0 Å². The van der Waals surface area contributed by atoms with Crippen LogP contribution in [0.25, 0.3) is 0 Å². The van der Waals surface area contributed by atoms with Crippen molar-refractivity contribution in [2.75, 3.05) is 0 Å². The largest absolute Gasteiger partial charge is 0.335 e. The number of carbonyl (C=O) groups excluding carboxylic acids is 1. The highest BCUT2D eigenvalue weighted by atomic mass is 35.5. The standard InChI is InChI=1S/C12H14Cl2N2O/c1-7(15-12(17)16-9-3-4-9)10-5-2-8(13)6-11(10)14/h2,5-7,9H,3-4H2,1H3,(H2,15,16,17)/t7-/m1/s1. The first-order valence-electron chi connectivity index (χ1n) is 5.58. The third-order valence-corrected chi connectivity index (χ3v) is 3.25. The Balaban J connectivity index is 1.97. The lowest BCUT2D eigenvalue weighted by Gasteiger charge is -2.16. The minimum absolute atomic E-state index is 0.140. The van der Waals surface area contributed by atoms with Crippen LogP contribution in [-0.2, 0) is 0 Å². The zero-order valence-electron chi connectivity index (χ0n) is 9.47. The molecule has 0 bridgehead atoms. The summed E-state index contributed by atoms with van der Waals surface area (Å²) in [5, 5.41) is 6.87. The fraction of sp³-hybridized carbons (Fsp3) is 0.417. The molecule has 1 atom stereocenters. The predicted octanol–water partition coefficient (Wildman–Crippen LogP) is 3.52. The molecule has 0 aromatic heterocycles. The fourth-order valence-corrected chi connectivity index (χ4v) is 2.15. The second-order valence-electron chi connectivity index (χ2n) is 4.28. The van der Waals surface area contributed by atoms with Crippen LogP contribution in [0.2, 0.25) is 10.0 Å². The summed E-state index contributed by atoms with van der Waals surface area (Å²) in [7, 11) is 0. The normalized spacial score (nSPS) is 16.4. The zero-order chi connectivity index (χ0) is 12.4. The molecular formula is C12H14Cl2N2O. The van der Waals surface area contributed by atoms with Crippen LogP contribution < -0.4 is 10.6 Å². The van der Waals surface area contributed by atoms with Gasteiger partial charge in [0.05, 0.1) is 6.04 Å². The van der Waals surface area contributed by atoms with Crippen molar-refractivity contribution in [2.45, 2.75) is 31.8 Å². The van der Waals surface area contributed by atoms with Gasteiger partial charge in [0.25, 0.3) is 0 Å². The van der Waals surface area contributed by atoms with E-state index in [0.717, 1.165) is 18.4 Å². The van der Waals surface area contributed by atoms with Gasteiger partial charge in [0, 0.05) is 16.1 Å². The number of carbonyl (C=O) groups is 1. The lowest BCUT2D eigenvalue weighted by molar-refractivity contribution is 0.237. The van der Waals surface area contributed by atoms with Crippen molar-refractivity contribution in [1.29, 1.82) is 0 Å². The van der Waals surface area contributed by atoms with Crippen molar-refractivity contribution in [3.8, 4) is 0 Å². The molecular weight excluding hydrogens is 259 g/mol. The van der Waals surface area contributed by atoms with Gasteiger partial charge in [-0.15, -0.1) is 0 Å². The highest BCUT2D eigenvalue weighted by molar-refractivity contribution is 6.35. The average Bonchev–Trinajstić information content (AvgIpc) is 3.00. The van der Waals surface area contributed by atoms with Crippen LogP contribution in [0, 0.1) is 0 Å². The zero-order valence-corrected chi connectivity index (χ0v) is 11.0. The molecule has 3 nitrogen and oxygen atoms in total. The molecule has 1 aliphatic carbocycles. The lowest BCUT2D eigenvalue weighted by atomic mass is 10.1. The van der Waals surface area contributed by atoms with E-state index < -0.39 is 0 Å². The maximum atomic E-state index is 11.6. The fourth-order valence-electron chi connectivity index (χ4n) is 1.58. The molecule has 1 aromatic carbocycles. The Bertz CT molecular complexity index is 433. The Morgan fingerprint density at radius 1 is 1.41 bits per heavy atom. The van der Waals surface area contributed by atoms with E-state index in [0.29, 0.717) is 16.1 Å². The minimum Gasteiger partial charge on any atom is -0.335 e. The number of rotatable bonds is 3. The molecule has 92 valence electrons. The van der Waals surface area contributed by atoms with Crippen molar-refractivity contribution in [1.82, 2.24) is 10.6 Å². The van der Waals surface area contributed by atoms with Crippen LogP contribution >= 0.6 is 23.2 Å². The average molecular weight is 273 g/mol. The number of nitrogens with one attached hydrogen (secondary N) is 2. The Morgan fingerprint density at radius 2 is 2.12 bits per heavy atom. The van der Waals surface area contributed by atoms with Gasteiger partial charge in [-0.2, -0.15) is 0 Å². The number of hydrogen-bond acceptors (Lipinski definition) is 1. The van der Waals surface area contributed by atoms with Gasteiger partial charge < -0.3 is 10.6 Å². The monoisotopic (exact) mass is 272 g/mol. The number of halogens is 2. The summed E-state index contributed by atoms with van der Waals surface area (Å²) in [6.45, 7) is 1.89. The number of hydrogen-bond donors (Lipinski definition) is 2. The molecule has 0 radical (unpaired) electrons. The molecule has 5 heteroatoms. The summed E-state index contributed by atoms with van der Waals surface area (Å²) in [5.41, 5.74) is 0.863. The Labute approximate surface area is 110 Å². The van der Waals surface area contributed by atoms with Gasteiger partial charge in [0.15, 0.2) is 0 Å². The van der Waals surface area contributed by atoms with E-state index in [1.54, 1.807) is 12.1 Å². The summed E-state index contributed by atoms with van der Waals surface area (Å²) in [6.07, 6.45) is 2.15. The molecule has 1 fully saturated rings. The molecule has 0 heterocycles. The number of benzene rings is 1. The van der Waals surface area contributed by atoms with Gasteiger partial charge in [0.1, 0.15) is 0 Å². The molecule has 1 aromatic rings. The second kappa shape index (κ2) is 5.15. The molecule has 2 rings (SSSR count). The van der Waals surface area contributed by atoms with Gasteiger partial charge in [-0.3, -0.25) is 0 Å². The van der Waals surface area contributed by atoms with Crippen molar-refractivity contribution in [2.24, 2.45) is 0 Å². The highest BCUT2D eigenvalue weighted by Crippen LogP contribution is 2.26. The van der Waals surface area contributed by atoms with Crippen LogP contribution in [0.15, 0.2) is 18.2 Å². The Hall–Kier alpha value is -0.930. The van der Waals surface area contributed by atoms with E-state index >= 15 is 0 Å². The van der Waals surface area contributed by atoms with E-state index in [9.17, 15) is 4.79 Å². The van der Waals surface area contributed by atoms with Gasteiger partial charge >= 0.3 is 6.03 Å². The Morgan fingerprint density at radius 3 is 2.71 bits per heavy atom. The number of amides is 2.